The number of esters is 1. The molecule has 1 saturated heterocycles. The highest BCUT2D eigenvalue weighted by Crippen LogP contribution is 2.25. The van der Waals surface area contributed by atoms with E-state index < -0.39 is 0 Å². The molecule has 38 heavy (non-hydrogen) atoms. The zero-order valence-corrected chi connectivity index (χ0v) is 24.8. The second-order valence-electron chi connectivity index (χ2n) is 11.0. The summed E-state index contributed by atoms with van der Waals surface area (Å²) in [5, 5.41) is 0. The number of likely N-dealkylation sites (N-methyl/N-ethyl adjacent to an activating group) is 1. The summed E-state index contributed by atoms with van der Waals surface area (Å²) in [6.45, 7) is 11.5. The van der Waals surface area contributed by atoms with Gasteiger partial charge in [-0.1, -0.05) is 78.1 Å². The Kier molecular flexibility index (Phi) is 18.0. The van der Waals surface area contributed by atoms with E-state index in [-0.39, 0.29) is 12.6 Å². The molecular weight excluding hydrogens is 476 g/mol. The average molecular weight is 533 g/mol. The minimum atomic E-state index is -0.132. The lowest BCUT2D eigenvalue weighted by Gasteiger charge is -2.32. The first-order valence-corrected chi connectivity index (χ1v) is 15.6. The van der Waals surface area contributed by atoms with Crippen molar-refractivity contribution < 1.29 is 19.0 Å². The number of carbonyl (C=O) groups excluding carboxylic acids is 1. The zero-order valence-electron chi connectivity index (χ0n) is 24.8. The van der Waals surface area contributed by atoms with E-state index in [1.54, 1.807) is 0 Å². The number of carbonyl (C=O) groups is 1. The maximum Gasteiger partial charge on any atom is 0.306 e. The van der Waals surface area contributed by atoms with Crippen LogP contribution in [0.25, 0.3) is 0 Å². The van der Waals surface area contributed by atoms with Crippen molar-refractivity contribution in [1.29, 1.82) is 0 Å². The lowest BCUT2D eigenvalue weighted by Crippen LogP contribution is -2.44. The van der Waals surface area contributed by atoms with Crippen molar-refractivity contribution in [2.75, 3.05) is 53.0 Å². The molecule has 1 aromatic rings. The third-order valence-electron chi connectivity index (χ3n) is 7.32. The Balaban J connectivity index is 1.77. The first-order chi connectivity index (χ1) is 18.6. The maximum atomic E-state index is 12.4. The monoisotopic (exact) mass is 532 g/mol. The summed E-state index contributed by atoms with van der Waals surface area (Å²) in [6.07, 6.45) is 16.2. The minimum Gasteiger partial charge on any atom is -0.493 e. The lowest BCUT2D eigenvalue weighted by atomic mass is 10.1. The molecule has 0 unspecified atom stereocenters. The molecule has 6 heteroatoms. The van der Waals surface area contributed by atoms with Gasteiger partial charge in [-0.3, -0.25) is 4.79 Å². The van der Waals surface area contributed by atoms with Crippen LogP contribution in [-0.2, 0) is 16.1 Å². The van der Waals surface area contributed by atoms with Crippen LogP contribution in [-0.4, -0.2) is 68.8 Å². The van der Waals surface area contributed by atoms with Crippen LogP contribution in [0.5, 0.6) is 11.5 Å². The first-order valence-electron chi connectivity index (χ1n) is 15.6. The van der Waals surface area contributed by atoms with Gasteiger partial charge < -0.3 is 24.0 Å². The largest absolute Gasteiger partial charge is 0.493 e. The van der Waals surface area contributed by atoms with Gasteiger partial charge in [0.25, 0.3) is 0 Å². The molecule has 0 aromatic heterocycles. The second-order valence-corrected chi connectivity index (χ2v) is 11.0. The van der Waals surface area contributed by atoms with Crippen molar-refractivity contribution in [2.24, 2.45) is 0 Å². The van der Waals surface area contributed by atoms with Crippen LogP contribution < -0.4 is 9.47 Å². The number of ether oxygens (including phenoxy) is 3. The van der Waals surface area contributed by atoms with E-state index in [9.17, 15) is 4.79 Å². The van der Waals surface area contributed by atoms with Gasteiger partial charge in [-0.15, -0.1) is 0 Å². The van der Waals surface area contributed by atoms with Crippen molar-refractivity contribution in [3.63, 3.8) is 0 Å². The van der Waals surface area contributed by atoms with Gasteiger partial charge in [0.2, 0.25) is 0 Å². The fourth-order valence-corrected chi connectivity index (χ4v) is 4.78. The number of nitrogens with zero attached hydrogens (tertiary/aromatic N) is 2. The Hall–Kier alpha value is -1.79. The van der Waals surface area contributed by atoms with Crippen molar-refractivity contribution in [3.8, 4) is 11.5 Å². The molecule has 0 bridgehead atoms. The van der Waals surface area contributed by atoms with Gasteiger partial charge in [0.15, 0.2) is 0 Å². The number of piperazine rings is 1. The predicted molar refractivity (Wildman–Crippen MR) is 157 cm³/mol. The lowest BCUT2D eigenvalue weighted by molar-refractivity contribution is -0.145. The summed E-state index contributed by atoms with van der Waals surface area (Å²) in [7, 11) is 2.16. The van der Waals surface area contributed by atoms with Crippen molar-refractivity contribution in [3.05, 3.63) is 23.8 Å². The van der Waals surface area contributed by atoms with E-state index in [1.807, 2.05) is 18.2 Å². The maximum absolute atomic E-state index is 12.4. The summed E-state index contributed by atoms with van der Waals surface area (Å²) < 4.78 is 17.8. The SMILES string of the molecule is CCCCCCCCOc1cc(COC(=O)CCCN2CCN(C)CC2)cc(OCCCCCCCC)c1. The average Bonchev–Trinajstić information content (AvgIpc) is 2.92. The number of benzene rings is 1. The zero-order chi connectivity index (χ0) is 27.3. The number of unbranched alkanes of at least 4 members (excludes halogenated alkanes) is 10. The van der Waals surface area contributed by atoms with E-state index in [1.165, 1.54) is 64.2 Å². The summed E-state index contributed by atoms with van der Waals surface area (Å²) in [5.41, 5.74) is 0.927. The highest BCUT2D eigenvalue weighted by molar-refractivity contribution is 5.69. The Bertz CT molecular complexity index is 698. The summed E-state index contributed by atoms with van der Waals surface area (Å²) in [4.78, 5) is 17.2. The molecule has 218 valence electrons. The minimum absolute atomic E-state index is 0.132. The van der Waals surface area contributed by atoms with E-state index >= 15 is 0 Å². The molecule has 0 N–H and O–H groups in total. The molecule has 0 spiro atoms. The van der Waals surface area contributed by atoms with Gasteiger partial charge in [0.05, 0.1) is 13.2 Å². The highest BCUT2D eigenvalue weighted by atomic mass is 16.5. The van der Waals surface area contributed by atoms with Gasteiger partial charge in [0.1, 0.15) is 18.1 Å². The Morgan fingerprint density at radius 1 is 0.711 bits per heavy atom. The van der Waals surface area contributed by atoms with Crippen LogP contribution in [0.3, 0.4) is 0 Å². The second kappa shape index (κ2) is 21.1. The Morgan fingerprint density at radius 2 is 1.24 bits per heavy atom. The molecule has 0 amide bonds. The molecule has 0 saturated carbocycles. The van der Waals surface area contributed by atoms with Gasteiger partial charge in [-0.05, 0) is 50.6 Å². The molecule has 6 nitrogen and oxygen atoms in total. The van der Waals surface area contributed by atoms with E-state index in [0.717, 1.165) is 69.0 Å². The van der Waals surface area contributed by atoms with Gasteiger partial charge in [-0.25, -0.2) is 0 Å². The smallest absolute Gasteiger partial charge is 0.306 e. The normalized spacial score (nSPS) is 14.5. The van der Waals surface area contributed by atoms with Crippen LogP contribution >= 0.6 is 0 Å². The van der Waals surface area contributed by atoms with Crippen molar-refractivity contribution in [2.45, 2.75) is 110 Å². The molecule has 1 aromatic carbocycles. The van der Waals surface area contributed by atoms with E-state index in [4.69, 9.17) is 14.2 Å². The molecular formula is C32H56N2O4. The Labute approximate surface area is 233 Å². The number of rotatable bonds is 22. The molecule has 2 rings (SSSR count). The molecule has 1 aliphatic heterocycles. The highest BCUT2D eigenvalue weighted by Gasteiger charge is 2.14. The molecule has 0 aliphatic carbocycles. The summed E-state index contributed by atoms with van der Waals surface area (Å²) in [5.74, 6) is 1.48. The fourth-order valence-electron chi connectivity index (χ4n) is 4.78. The topological polar surface area (TPSA) is 51.2 Å². The standard InChI is InChI=1S/C32H56N2O4/c1-4-6-8-10-12-14-23-36-30-25-29(26-31(27-30)37-24-15-13-11-9-7-5-2)28-38-32(35)17-16-18-34-21-19-33(3)20-22-34/h25-27H,4-24,28H2,1-3H3. The molecule has 0 radical (unpaired) electrons. The molecule has 1 aliphatic rings. The molecule has 0 atom stereocenters. The van der Waals surface area contributed by atoms with Gasteiger partial charge in [0, 0.05) is 38.7 Å². The quantitative estimate of drug-likeness (QED) is 0.116. The van der Waals surface area contributed by atoms with Crippen LogP contribution in [0.2, 0.25) is 0 Å². The van der Waals surface area contributed by atoms with Gasteiger partial charge >= 0.3 is 5.97 Å². The summed E-state index contributed by atoms with van der Waals surface area (Å²) >= 11 is 0. The van der Waals surface area contributed by atoms with Crippen LogP contribution in [0, 0.1) is 0 Å². The number of hydrogen-bond donors (Lipinski definition) is 0. The van der Waals surface area contributed by atoms with Crippen molar-refractivity contribution in [1.82, 2.24) is 9.80 Å². The Morgan fingerprint density at radius 3 is 1.79 bits per heavy atom. The predicted octanol–water partition coefficient (Wildman–Crippen LogP) is 7.24. The van der Waals surface area contributed by atoms with Crippen LogP contribution in [0.1, 0.15) is 109 Å². The van der Waals surface area contributed by atoms with Crippen LogP contribution in [0.15, 0.2) is 18.2 Å². The molecule has 1 fully saturated rings. The number of hydrogen-bond acceptors (Lipinski definition) is 6. The van der Waals surface area contributed by atoms with Crippen molar-refractivity contribution >= 4 is 5.97 Å². The fraction of sp³-hybridized carbons (Fsp3) is 0.781. The third kappa shape index (κ3) is 15.6. The molecule has 1 heterocycles. The first kappa shape index (κ1) is 32.4. The van der Waals surface area contributed by atoms with E-state index in [0.29, 0.717) is 19.6 Å². The van der Waals surface area contributed by atoms with Crippen LogP contribution in [0.4, 0.5) is 0 Å². The summed E-state index contributed by atoms with van der Waals surface area (Å²) in [6, 6.07) is 5.97. The van der Waals surface area contributed by atoms with E-state index in [2.05, 4.69) is 30.7 Å². The third-order valence-corrected chi connectivity index (χ3v) is 7.32. The van der Waals surface area contributed by atoms with Gasteiger partial charge in [-0.2, -0.15) is 0 Å².